The van der Waals surface area contributed by atoms with Crippen molar-refractivity contribution in [3.05, 3.63) is 42.1 Å². The SMILES string of the molecule is CCOC(=O)C(F)[C@@H](N)c1ccc2ccccc2n1. The molecular formula is C14H15FN2O2. The number of para-hydroxylation sites is 1. The van der Waals surface area contributed by atoms with Gasteiger partial charge in [-0.3, -0.25) is 4.98 Å². The van der Waals surface area contributed by atoms with E-state index in [-0.39, 0.29) is 6.61 Å². The molecule has 1 unspecified atom stereocenters. The molecule has 2 N–H and O–H groups in total. The van der Waals surface area contributed by atoms with Crippen molar-refractivity contribution < 1.29 is 13.9 Å². The lowest BCUT2D eigenvalue weighted by Crippen LogP contribution is -2.32. The third kappa shape index (κ3) is 2.88. The second-order valence-electron chi connectivity index (χ2n) is 4.11. The van der Waals surface area contributed by atoms with Crippen LogP contribution in [0.2, 0.25) is 0 Å². The number of halogens is 1. The molecule has 2 atom stereocenters. The van der Waals surface area contributed by atoms with Gasteiger partial charge in [0.25, 0.3) is 0 Å². The van der Waals surface area contributed by atoms with Gasteiger partial charge >= 0.3 is 5.97 Å². The maximum Gasteiger partial charge on any atom is 0.342 e. The van der Waals surface area contributed by atoms with Crippen molar-refractivity contribution in [1.29, 1.82) is 0 Å². The Balaban J connectivity index is 2.25. The van der Waals surface area contributed by atoms with Crippen LogP contribution in [0.25, 0.3) is 10.9 Å². The third-order valence-corrected chi connectivity index (χ3v) is 2.79. The predicted molar refractivity (Wildman–Crippen MR) is 70.2 cm³/mol. The zero-order chi connectivity index (χ0) is 13.8. The van der Waals surface area contributed by atoms with Crippen molar-refractivity contribution >= 4 is 16.9 Å². The molecule has 0 fully saturated rings. The number of carbonyl (C=O) groups is 1. The first-order valence-corrected chi connectivity index (χ1v) is 6.05. The summed E-state index contributed by atoms with van der Waals surface area (Å²) >= 11 is 0. The van der Waals surface area contributed by atoms with E-state index in [4.69, 9.17) is 5.73 Å². The van der Waals surface area contributed by atoms with Crippen LogP contribution in [0.3, 0.4) is 0 Å². The molecule has 0 aliphatic rings. The number of esters is 1. The van der Waals surface area contributed by atoms with Crippen LogP contribution in [0, 0.1) is 0 Å². The zero-order valence-corrected chi connectivity index (χ0v) is 10.5. The first-order valence-electron chi connectivity index (χ1n) is 6.05. The lowest BCUT2D eigenvalue weighted by atomic mass is 10.1. The summed E-state index contributed by atoms with van der Waals surface area (Å²) in [5.74, 6) is -0.954. The van der Waals surface area contributed by atoms with E-state index >= 15 is 0 Å². The number of nitrogens with two attached hydrogens (primary N) is 1. The number of rotatable bonds is 4. The molecule has 0 saturated heterocycles. The van der Waals surface area contributed by atoms with Gasteiger partial charge in [-0.25, -0.2) is 9.18 Å². The minimum Gasteiger partial charge on any atom is -0.464 e. The van der Waals surface area contributed by atoms with Crippen molar-refractivity contribution in [3.8, 4) is 0 Å². The first kappa shape index (κ1) is 13.4. The van der Waals surface area contributed by atoms with Gasteiger partial charge in [0.15, 0.2) is 0 Å². The highest BCUT2D eigenvalue weighted by Gasteiger charge is 2.28. The van der Waals surface area contributed by atoms with Crippen LogP contribution >= 0.6 is 0 Å². The summed E-state index contributed by atoms with van der Waals surface area (Å²) in [7, 11) is 0. The summed E-state index contributed by atoms with van der Waals surface area (Å²) in [4.78, 5) is 15.6. The molecule has 1 aromatic carbocycles. The van der Waals surface area contributed by atoms with Crippen molar-refractivity contribution in [2.24, 2.45) is 5.73 Å². The number of hydrogen-bond acceptors (Lipinski definition) is 4. The van der Waals surface area contributed by atoms with E-state index in [1.54, 1.807) is 19.1 Å². The van der Waals surface area contributed by atoms with Gasteiger partial charge in [0.05, 0.1) is 23.9 Å². The van der Waals surface area contributed by atoms with Crippen LogP contribution in [0.4, 0.5) is 4.39 Å². The molecule has 2 rings (SSSR count). The Morgan fingerprint density at radius 3 is 2.84 bits per heavy atom. The summed E-state index contributed by atoms with van der Waals surface area (Å²) in [5.41, 5.74) is 6.77. The predicted octanol–water partition coefficient (Wildman–Crippen LogP) is 2.14. The van der Waals surface area contributed by atoms with E-state index in [0.29, 0.717) is 11.2 Å². The maximum atomic E-state index is 13.8. The lowest BCUT2D eigenvalue weighted by molar-refractivity contribution is -0.150. The highest BCUT2D eigenvalue weighted by molar-refractivity contribution is 5.79. The van der Waals surface area contributed by atoms with Gasteiger partial charge in [-0.05, 0) is 19.1 Å². The van der Waals surface area contributed by atoms with Crippen LogP contribution in [0.5, 0.6) is 0 Å². The fraction of sp³-hybridized carbons (Fsp3) is 0.286. The van der Waals surface area contributed by atoms with Gasteiger partial charge in [-0.1, -0.05) is 24.3 Å². The number of ether oxygens (including phenoxy) is 1. The Labute approximate surface area is 110 Å². The molecule has 1 heterocycles. The maximum absolute atomic E-state index is 13.8. The molecule has 5 heteroatoms. The number of fused-ring (bicyclic) bond motifs is 1. The number of nitrogens with zero attached hydrogens (tertiary/aromatic N) is 1. The minimum absolute atomic E-state index is 0.122. The monoisotopic (exact) mass is 262 g/mol. The lowest BCUT2D eigenvalue weighted by Gasteiger charge is -2.15. The quantitative estimate of drug-likeness (QED) is 0.857. The first-order chi connectivity index (χ1) is 9.13. The van der Waals surface area contributed by atoms with Crippen LogP contribution in [-0.2, 0) is 9.53 Å². The smallest absolute Gasteiger partial charge is 0.342 e. The molecule has 0 aliphatic heterocycles. The van der Waals surface area contributed by atoms with E-state index < -0.39 is 18.2 Å². The average Bonchev–Trinajstić information content (AvgIpc) is 2.45. The number of pyridine rings is 1. The molecule has 0 saturated carbocycles. The molecule has 0 amide bonds. The Kier molecular flexibility index (Phi) is 4.06. The Bertz CT molecular complexity index is 588. The van der Waals surface area contributed by atoms with Gasteiger partial charge < -0.3 is 10.5 Å². The van der Waals surface area contributed by atoms with Crippen LogP contribution in [0.1, 0.15) is 18.7 Å². The minimum atomic E-state index is -1.91. The summed E-state index contributed by atoms with van der Waals surface area (Å²) < 4.78 is 18.4. The molecular weight excluding hydrogens is 247 g/mol. The van der Waals surface area contributed by atoms with E-state index in [1.165, 1.54) is 0 Å². The summed E-state index contributed by atoms with van der Waals surface area (Å²) in [6, 6.07) is 9.74. The number of hydrogen-bond donors (Lipinski definition) is 1. The normalized spacial score (nSPS) is 14.1. The van der Waals surface area contributed by atoms with Gasteiger partial charge in [0, 0.05) is 5.39 Å². The van der Waals surface area contributed by atoms with Gasteiger partial charge in [0.1, 0.15) is 0 Å². The third-order valence-electron chi connectivity index (χ3n) is 2.79. The molecule has 2 aromatic rings. The molecule has 0 radical (unpaired) electrons. The topological polar surface area (TPSA) is 65.2 Å². The summed E-state index contributed by atoms with van der Waals surface area (Å²) in [6.45, 7) is 1.74. The second-order valence-corrected chi connectivity index (χ2v) is 4.11. The molecule has 1 aromatic heterocycles. The molecule has 0 bridgehead atoms. The highest BCUT2D eigenvalue weighted by Crippen LogP contribution is 2.19. The van der Waals surface area contributed by atoms with Crippen molar-refractivity contribution in [3.63, 3.8) is 0 Å². The standard InChI is InChI=1S/C14H15FN2O2/c1-2-19-14(18)12(15)13(16)11-8-7-9-5-3-4-6-10(9)17-11/h3-8,12-13H,2,16H2,1H3/t12?,13-/m0/s1. The second kappa shape index (κ2) is 5.75. The molecule has 4 nitrogen and oxygen atoms in total. The van der Waals surface area contributed by atoms with Gasteiger partial charge in [0.2, 0.25) is 6.17 Å². The van der Waals surface area contributed by atoms with Gasteiger partial charge in [-0.15, -0.1) is 0 Å². The molecule has 100 valence electrons. The fourth-order valence-electron chi connectivity index (χ4n) is 1.79. The Morgan fingerprint density at radius 2 is 2.11 bits per heavy atom. The number of alkyl halides is 1. The Morgan fingerprint density at radius 1 is 1.37 bits per heavy atom. The average molecular weight is 262 g/mol. The van der Waals surface area contributed by atoms with Crippen molar-refractivity contribution in [1.82, 2.24) is 4.98 Å². The largest absolute Gasteiger partial charge is 0.464 e. The number of aromatic nitrogens is 1. The molecule has 0 spiro atoms. The van der Waals surface area contributed by atoms with E-state index in [2.05, 4.69) is 9.72 Å². The van der Waals surface area contributed by atoms with Gasteiger partial charge in [-0.2, -0.15) is 0 Å². The Hall–Kier alpha value is -2.01. The van der Waals surface area contributed by atoms with E-state index in [1.807, 2.05) is 24.3 Å². The van der Waals surface area contributed by atoms with Crippen LogP contribution in [-0.4, -0.2) is 23.7 Å². The number of carbonyl (C=O) groups excluding carboxylic acids is 1. The zero-order valence-electron chi connectivity index (χ0n) is 10.5. The van der Waals surface area contributed by atoms with Crippen LogP contribution in [0.15, 0.2) is 36.4 Å². The van der Waals surface area contributed by atoms with Crippen LogP contribution < -0.4 is 5.73 Å². The van der Waals surface area contributed by atoms with E-state index in [0.717, 1.165) is 5.39 Å². The highest BCUT2D eigenvalue weighted by atomic mass is 19.1. The van der Waals surface area contributed by atoms with Crippen molar-refractivity contribution in [2.45, 2.75) is 19.1 Å². The molecule has 0 aliphatic carbocycles. The van der Waals surface area contributed by atoms with Crippen molar-refractivity contribution in [2.75, 3.05) is 6.61 Å². The van der Waals surface area contributed by atoms with E-state index in [9.17, 15) is 9.18 Å². The summed E-state index contributed by atoms with van der Waals surface area (Å²) in [5, 5.41) is 0.935. The summed E-state index contributed by atoms with van der Waals surface area (Å²) in [6.07, 6.45) is -1.91. The molecule has 19 heavy (non-hydrogen) atoms. The number of benzene rings is 1. The fourth-order valence-corrected chi connectivity index (χ4v) is 1.79.